The third-order valence-electron chi connectivity index (χ3n) is 10.3. The van der Waals surface area contributed by atoms with E-state index in [-0.39, 0.29) is 24.5 Å². The number of hydrogen-bond donors (Lipinski definition) is 1. The highest BCUT2D eigenvalue weighted by atomic mass is 16.6. The van der Waals surface area contributed by atoms with E-state index in [1.807, 2.05) is 45.9 Å². The van der Waals surface area contributed by atoms with Gasteiger partial charge in [0.1, 0.15) is 36.0 Å². The molecule has 2 aliphatic carbocycles. The van der Waals surface area contributed by atoms with Crippen LogP contribution in [-0.2, 0) is 20.7 Å². The van der Waals surface area contributed by atoms with Gasteiger partial charge in [-0.1, -0.05) is 40.5 Å². The summed E-state index contributed by atoms with van der Waals surface area (Å²) in [7, 11) is 1.62. The summed E-state index contributed by atoms with van der Waals surface area (Å²) in [5, 5.41) is 2.92. The van der Waals surface area contributed by atoms with E-state index in [0.29, 0.717) is 47.7 Å². The topological polar surface area (TPSA) is 120 Å². The number of aldehydes is 1. The third kappa shape index (κ3) is 5.96. The number of methoxy groups -OCH3 is 1. The Balaban J connectivity index is 1.36. The zero-order valence-electron chi connectivity index (χ0n) is 26.6. The molecule has 2 amide bonds. The monoisotopic (exact) mass is 606 g/mol. The number of alkyl carbamates (subject to hydrolysis) is 1. The second kappa shape index (κ2) is 12.2. The smallest absolute Gasteiger partial charge is 0.408 e. The Hall–Kier alpha value is -3.43. The van der Waals surface area contributed by atoms with E-state index in [1.165, 1.54) is 6.42 Å². The number of aromatic nitrogens is 2. The summed E-state index contributed by atoms with van der Waals surface area (Å²) in [6, 6.07) is 4.07. The average molecular weight is 607 g/mol. The number of rotatable bonds is 3. The van der Waals surface area contributed by atoms with Crippen LogP contribution in [0, 0.1) is 29.1 Å². The van der Waals surface area contributed by atoms with Crippen LogP contribution in [0.5, 0.6) is 11.6 Å². The summed E-state index contributed by atoms with van der Waals surface area (Å²) in [5.74, 6) is 2.19. The highest BCUT2D eigenvalue weighted by Gasteiger charge is 2.55. The molecule has 3 fully saturated rings. The second-order valence-corrected chi connectivity index (χ2v) is 14.2. The van der Waals surface area contributed by atoms with Gasteiger partial charge in [-0.3, -0.25) is 4.79 Å². The first-order valence-corrected chi connectivity index (χ1v) is 16.4. The van der Waals surface area contributed by atoms with E-state index in [2.05, 4.69) is 5.32 Å². The van der Waals surface area contributed by atoms with Crippen LogP contribution in [0.4, 0.5) is 4.79 Å². The number of nitrogens with one attached hydrogen (secondary N) is 1. The van der Waals surface area contributed by atoms with Crippen molar-refractivity contribution in [2.45, 2.75) is 103 Å². The maximum Gasteiger partial charge on any atom is 0.408 e. The molecule has 0 spiro atoms. The Bertz CT molecular complexity index is 1410. The van der Waals surface area contributed by atoms with Gasteiger partial charge in [-0.05, 0) is 73.8 Å². The van der Waals surface area contributed by atoms with Gasteiger partial charge in [-0.15, -0.1) is 0 Å². The van der Waals surface area contributed by atoms with Gasteiger partial charge in [-0.25, -0.2) is 14.8 Å². The molecule has 1 saturated heterocycles. The number of ether oxygens (including phenoxy) is 3. The quantitative estimate of drug-likeness (QED) is 0.479. The molecule has 4 aliphatic rings. The number of benzene rings is 1. The van der Waals surface area contributed by atoms with Crippen molar-refractivity contribution in [1.29, 1.82) is 0 Å². The Morgan fingerprint density at radius 1 is 1.05 bits per heavy atom. The highest BCUT2D eigenvalue weighted by molar-refractivity contribution is 5.89. The minimum Gasteiger partial charge on any atom is -0.497 e. The van der Waals surface area contributed by atoms with Crippen LogP contribution < -0.4 is 14.8 Å². The van der Waals surface area contributed by atoms with Gasteiger partial charge < -0.3 is 29.2 Å². The standard InChI is InChI=1S/C34H46N4O6/c1-6-21-27(18-39)38-17-29(21)43-31-25(35-24-13-12-20(42-5)16-26(24)36-31)11-9-7-8-10-22-23-14-19(23)15-28(22)44-33(41)37-30(32(38)40)34(2,3)4/h12-13,16,18-19,21-23,27-30H,6-11,14-15,17H2,1-5H3,(H,37,41)/t19?,21-,22+,23?,27+,28+,29-,30+/m0/s1. The maximum atomic E-state index is 14.2. The number of hydrogen-bond acceptors (Lipinski definition) is 8. The fourth-order valence-electron chi connectivity index (χ4n) is 7.83. The first-order chi connectivity index (χ1) is 21.1. The predicted molar refractivity (Wildman–Crippen MR) is 164 cm³/mol. The Kier molecular flexibility index (Phi) is 8.46. The Labute approximate surface area is 259 Å². The minimum absolute atomic E-state index is 0.125. The molecule has 1 aromatic carbocycles. The molecular formula is C34H46N4O6. The molecule has 2 saturated carbocycles. The van der Waals surface area contributed by atoms with Gasteiger partial charge >= 0.3 is 6.09 Å². The molecule has 8 atom stereocenters. The van der Waals surface area contributed by atoms with Gasteiger partial charge in [0.2, 0.25) is 11.8 Å². The molecule has 2 aromatic rings. The van der Waals surface area contributed by atoms with Crippen molar-refractivity contribution < 1.29 is 28.6 Å². The molecule has 6 rings (SSSR count). The van der Waals surface area contributed by atoms with Crippen LogP contribution in [0.3, 0.4) is 0 Å². The van der Waals surface area contributed by atoms with Crippen molar-refractivity contribution in [3.8, 4) is 11.6 Å². The van der Waals surface area contributed by atoms with Crippen molar-refractivity contribution in [3.05, 3.63) is 23.9 Å². The van der Waals surface area contributed by atoms with Gasteiger partial charge in [0.05, 0.1) is 30.7 Å². The summed E-state index contributed by atoms with van der Waals surface area (Å²) < 4.78 is 18.1. The number of aryl methyl sites for hydroxylation is 1. The lowest BCUT2D eigenvalue weighted by Crippen LogP contribution is -2.56. The summed E-state index contributed by atoms with van der Waals surface area (Å²) in [4.78, 5) is 51.5. The molecule has 10 nitrogen and oxygen atoms in total. The molecule has 10 heteroatoms. The van der Waals surface area contributed by atoms with Crippen LogP contribution in [0.1, 0.15) is 78.3 Å². The lowest BCUT2D eigenvalue weighted by Gasteiger charge is -2.35. The fraction of sp³-hybridized carbons (Fsp3) is 0.676. The summed E-state index contributed by atoms with van der Waals surface area (Å²) in [6.45, 7) is 7.95. The van der Waals surface area contributed by atoms with Gasteiger partial charge in [0.15, 0.2) is 0 Å². The number of carbonyl (C=O) groups excluding carboxylic acids is 3. The number of carbonyl (C=O) groups is 3. The van der Waals surface area contributed by atoms with Gasteiger partial charge in [0.25, 0.3) is 0 Å². The van der Waals surface area contributed by atoms with E-state index in [0.717, 1.165) is 49.6 Å². The van der Waals surface area contributed by atoms with Crippen LogP contribution in [0.15, 0.2) is 18.2 Å². The molecule has 1 aromatic heterocycles. The minimum atomic E-state index is -0.870. The average Bonchev–Trinajstić information content (AvgIpc) is 3.54. The van der Waals surface area contributed by atoms with E-state index in [9.17, 15) is 14.4 Å². The van der Waals surface area contributed by atoms with Crippen LogP contribution in [0.25, 0.3) is 11.0 Å². The second-order valence-electron chi connectivity index (χ2n) is 14.2. The number of nitrogens with zero attached hydrogens (tertiary/aromatic N) is 3. The highest BCUT2D eigenvalue weighted by Crippen LogP contribution is 2.57. The van der Waals surface area contributed by atoms with Crippen LogP contribution in [-0.4, -0.2) is 71.1 Å². The molecular weight excluding hydrogens is 560 g/mol. The van der Waals surface area contributed by atoms with Crippen LogP contribution in [0.2, 0.25) is 0 Å². The maximum absolute atomic E-state index is 14.2. The van der Waals surface area contributed by atoms with Gasteiger partial charge in [-0.2, -0.15) is 0 Å². The molecule has 2 aliphatic heterocycles. The molecule has 44 heavy (non-hydrogen) atoms. The summed E-state index contributed by atoms with van der Waals surface area (Å²) in [5.41, 5.74) is 1.61. The molecule has 3 heterocycles. The lowest BCUT2D eigenvalue weighted by atomic mass is 9.85. The Morgan fingerprint density at radius 3 is 2.59 bits per heavy atom. The van der Waals surface area contributed by atoms with Crippen LogP contribution >= 0.6 is 0 Å². The first kappa shape index (κ1) is 30.6. The predicted octanol–water partition coefficient (Wildman–Crippen LogP) is 5.10. The first-order valence-electron chi connectivity index (χ1n) is 16.4. The van der Waals surface area contributed by atoms with Crippen molar-refractivity contribution in [2.24, 2.45) is 29.1 Å². The van der Waals surface area contributed by atoms with Crippen molar-refractivity contribution in [2.75, 3.05) is 13.7 Å². The third-order valence-corrected chi connectivity index (χ3v) is 10.3. The van der Waals surface area contributed by atoms with Crippen molar-refractivity contribution in [1.82, 2.24) is 20.2 Å². The summed E-state index contributed by atoms with van der Waals surface area (Å²) in [6.07, 6.45) is 7.16. The van der Waals surface area contributed by atoms with E-state index >= 15 is 0 Å². The van der Waals surface area contributed by atoms with Gasteiger partial charge in [0, 0.05) is 12.0 Å². The zero-order valence-corrected chi connectivity index (χ0v) is 26.6. The zero-order chi connectivity index (χ0) is 31.2. The van der Waals surface area contributed by atoms with E-state index in [4.69, 9.17) is 24.2 Å². The molecule has 2 unspecified atom stereocenters. The largest absolute Gasteiger partial charge is 0.497 e. The Morgan fingerprint density at radius 2 is 1.86 bits per heavy atom. The van der Waals surface area contributed by atoms with Crippen molar-refractivity contribution >= 4 is 29.3 Å². The van der Waals surface area contributed by atoms with E-state index < -0.39 is 29.7 Å². The number of amides is 2. The molecule has 1 N–H and O–H groups in total. The molecule has 0 radical (unpaired) electrons. The normalized spacial score (nSPS) is 32.7. The fourth-order valence-corrected chi connectivity index (χ4v) is 7.83. The summed E-state index contributed by atoms with van der Waals surface area (Å²) >= 11 is 0. The SMILES string of the molecule is CC[C@@H]1[C@@H]2CN(C(=O)[C@H](C(C)(C)C)NC(=O)O[C@@H]3CC4CC4[C@H]3CCCCCc3nc4ccc(OC)cc4nc3O2)[C@@H]1C=O. The number of fused-ring (bicyclic) bond motifs is 7. The van der Waals surface area contributed by atoms with Crippen molar-refractivity contribution in [3.63, 3.8) is 0 Å². The molecule has 238 valence electrons. The lowest BCUT2D eigenvalue weighted by molar-refractivity contribution is -0.139. The molecule has 2 bridgehead atoms. The van der Waals surface area contributed by atoms with E-state index in [1.54, 1.807) is 12.0 Å².